The molecule has 13 heteroatoms. The third kappa shape index (κ3) is 7.24. The number of pyridine rings is 1. The van der Waals surface area contributed by atoms with Gasteiger partial charge >= 0.3 is 18.0 Å². The number of carbonyl (C=O) groups is 3. The van der Waals surface area contributed by atoms with Crippen LogP contribution in [0, 0.1) is 0 Å². The maximum Gasteiger partial charge on any atom is 0.346 e. The van der Waals surface area contributed by atoms with E-state index in [1.165, 1.54) is 62.0 Å². The normalized spacial score (nSPS) is 11.7. The van der Waals surface area contributed by atoms with Crippen molar-refractivity contribution in [2.24, 2.45) is 0 Å². The molecule has 216 valence electrons. The SMILES string of the molecule is COC(=O)C(Cc1ccc(OC(=O)c2c(Cl)cncc2Cl)cc1)NC(=O)Nc1ccccc1S(=O)(=O)c1ccccc1. The second-order valence-corrected chi connectivity index (χ2v) is 11.4. The molecule has 2 N–H and O–H groups in total. The number of ether oxygens (including phenoxy) is 2. The van der Waals surface area contributed by atoms with Crippen LogP contribution in [-0.4, -0.2) is 44.5 Å². The first kappa shape index (κ1) is 30.5. The van der Waals surface area contributed by atoms with Gasteiger partial charge in [0.2, 0.25) is 9.84 Å². The van der Waals surface area contributed by atoms with E-state index in [9.17, 15) is 22.8 Å². The molecule has 1 unspecified atom stereocenters. The summed E-state index contributed by atoms with van der Waals surface area (Å²) < 4.78 is 36.5. The Hall–Kier alpha value is -4.45. The number of benzene rings is 3. The zero-order chi connectivity index (χ0) is 30.3. The third-order valence-electron chi connectivity index (χ3n) is 5.90. The number of urea groups is 1. The smallest absolute Gasteiger partial charge is 0.346 e. The number of methoxy groups -OCH3 is 1. The topological polar surface area (TPSA) is 141 Å². The fourth-order valence-corrected chi connectivity index (χ4v) is 5.83. The highest BCUT2D eigenvalue weighted by Gasteiger charge is 2.25. The van der Waals surface area contributed by atoms with Gasteiger partial charge in [0.1, 0.15) is 17.4 Å². The van der Waals surface area contributed by atoms with Gasteiger partial charge in [-0.2, -0.15) is 0 Å². The first-order valence-corrected chi connectivity index (χ1v) is 14.5. The van der Waals surface area contributed by atoms with Crippen LogP contribution in [0.3, 0.4) is 0 Å². The molecule has 0 saturated carbocycles. The Kier molecular flexibility index (Phi) is 9.79. The molecular weight excluding hydrogens is 605 g/mol. The van der Waals surface area contributed by atoms with Crippen molar-refractivity contribution in [3.05, 3.63) is 112 Å². The lowest BCUT2D eigenvalue weighted by molar-refractivity contribution is -0.142. The molecule has 42 heavy (non-hydrogen) atoms. The van der Waals surface area contributed by atoms with E-state index < -0.39 is 33.8 Å². The number of anilines is 1. The first-order valence-electron chi connectivity index (χ1n) is 12.2. The molecule has 0 radical (unpaired) electrons. The summed E-state index contributed by atoms with van der Waals surface area (Å²) in [6, 6.07) is 17.9. The van der Waals surface area contributed by atoms with Crippen LogP contribution in [0.15, 0.2) is 101 Å². The number of hydrogen-bond acceptors (Lipinski definition) is 8. The van der Waals surface area contributed by atoms with Gasteiger partial charge in [0.25, 0.3) is 0 Å². The van der Waals surface area contributed by atoms with Crippen LogP contribution in [0.2, 0.25) is 10.0 Å². The van der Waals surface area contributed by atoms with E-state index in [0.717, 1.165) is 0 Å². The summed E-state index contributed by atoms with van der Waals surface area (Å²) in [6.45, 7) is 0. The molecule has 0 spiro atoms. The van der Waals surface area contributed by atoms with Crippen molar-refractivity contribution < 1.29 is 32.3 Å². The van der Waals surface area contributed by atoms with Gasteiger partial charge in [0, 0.05) is 18.8 Å². The Labute approximate surface area is 251 Å². The summed E-state index contributed by atoms with van der Waals surface area (Å²) in [5.74, 6) is -1.32. The number of para-hydroxylation sites is 1. The average Bonchev–Trinajstić information content (AvgIpc) is 2.98. The average molecular weight is 628 g/mol. The van der Waals surface area contributed by atoms with Gasteiger partial charge in [-0.15, -0.1) is 0 Å². The van der Waals surface area contributed by atoms with Crippen molar-refractivity contribution in [3.63, 3.8) is 0 Å². The van der Waals surface area contributed by atoms with Crippen LogP contribution in [-0.2, 0) is 25.8 Å². The molecule has 1 aromatic heterocycles. The zero-order valence-corrected chi connectivity index (χ0v) is 24.2. The zero-order valence-electron chi connectivity index (χ0n) is 21.9. The third-order valence-corrected chi connectivity index (χ3v) is 8.30. The van der Waals surface area contributed by atoms with E-state index >= 15 is 0 Å². The van der Waals surface area contributed by atoms with E-state index in [1.807, 2.05) is 0 Å². The second-order valence-electron chi connectivity index (χ2n) is 8.70. The van der Waals surface area contributed by atoms with Crippen molar-refractivity contribution in [3.8, 4) is 5.75 Å². The summed E-state index contributed by atoms with van der Waals surface area (Å²) in [4.78, 5) is 41.7. The molecule has 0 aliphatic rings. The van der Waals surface area contributed by atoms with Gasteiger partial charge in [0.05, 0.1) is 32.6 Å². The van der Waals surface area contributed by atoms with E-state index in [2.05, 4.69) is 15.6 Å². The maximum absolute atomic E-state index is 13.2. The highest BCUT2D eigenvalue weighted by atomic mass is 35.5. The molecule has 0 fully saturated rings. The molecular formula is C29H23Cl2N3O7S. The van der Waals surface area contributed by atoms with Crippen molar-refractivity contribution in [2.45, 2.75) is 22.3 Å². The molecule has 0 bridgehead atoms. The maximum atomic E-state index is 13.2. The van der Waals surface area contributed by atoms with Crippen LogP contribution < -0.4 is 15.4 Å². The lowest BCUT2D eigenvalue weighted by atomic mass is 10.1. The summed E-state index contributed by atoms with van der Waals surface area (Å²) in [5.41, 5.74) is 0.595. The highest BCUT2D eigenvalue weighted by Crippen LogP contribution is 2.28. The van der Waals surface area contributed by atoms with Crippen molar-refractivity contribution in [1.82, 2.24) is 10.3 Å². The largest absolute Gasteiger partial charge is 0.467 e. The van der Waals surface area contributed by atoms with Gasteiger partial charge in [0.15, 0.2) is 0 Å². The predicted octanol–water partition coefficient (Wildman–Crippen LogP) is 5.35. The Balaban J connectivity index is 1.45. The standard InChI is InChI=1S/C29H23Cl2N3O7S/c1-40-27(35)24(15-18-11-13-19(14-12-18)41-28(36)26-21(30)16-32-17-22(26)31)34-29(37)33-23-9-5-6-10-25(23)42(38,39)20-7-3-2-4-8-20/h2-14,16-17,24H,15H2,1H3,(H2,33,34,37). The number of carbonyl (C=O) groups excluding carboxylic acids is 3. The fourth-order valence-electron chi connectivity index (χ4n) is 3.88. The molecule has 10 nitrogen and oxygen atoms in total. The second kappa shape index (κ2) is 13.5. The van der Waals surface area contributed by atoms with Crippen LogP contribution in [0.4, 0.5) is 10.5 Å². The summed E-state index contributed by atoms with van der Waals surface area (Å²) in [5, 5.41) is 5.11. The summed E-state index contributed by atoms with van der Waals surface area (Å²) >= 11 is 12.0. The molecule has 4 aromatic rings. The monoisotopic (exact) mass is 627 g/mol. The number of hydrogen-bond donors (Lipinski definition) is 2. The lowest BCUT2D eigenvalue weighted by Crippen LogP contribution is -2.45. The Morgan fingerprint density at radius 1 is 0.881 bits per heavy atom. The van der Waals surface area contributed by atoms with Crippen LogP contribution in [0.25, 0.3) is 0 Å². The first-order chi connectivity index (χ1) is 20.1. The Morgan fingerprint density at radius 3 is 2.14 bits per heavy atom. The van der Waals surface area contributed by atoms with Gasteiger partial charge < -0.3 is 20.1 Å². The number of nitrogens with one attached hydrogen (secondary N) is 2. The number of amides is 2. The van der Waals surface area contributed by atoms with Crippen LogP contribution >= 0.6 is 23.2 Å². The van der Waals surface area contributed by atoms with Crippen LogP contribution in [0.5, 0.6) is 5.75 Å². The Bertz CT molecular complexity index is 1700. The van der Waals surface area contributed by atoms with Crippen molar-refractivity contribution in [1.29, 1.82) is 0 Å². The number of halogens is 2. The molecule has 0 saturated heterocycles. The number of rotatable bonds is 9. The van der Waals surface area contributed by atoms with E-state index in [0.29, 0.717) is 5.56 Å². The molecule has 4 rings (SSSR count). The van der Waals surface area contributed by atoms with Crippen molar-refractivity contribution in [2.75, 3.05) is 12.4 Å². The van der Waals surface area contributed by atoms with Gasteiger partial charge in [-0.3, -0.25) is 4.98 Å². The number of esters is 2. The minimum atomic E-state index is -3.94. The van der Waals surface area contributed by atoms with Crippen molar-refractivity contribution >= 4 is 56.7 Å². The van der Waals surface area contributed by atoms with E-state index in [4.69, 9.17) is 32.7 Å². The fraction of sp³-hybridized carbons (Fsp3) is 0.103. The van der Waals surface area contributed by atoms with Gasteiger partial charge in [-0.1, -0.05) is 65.7 Å². The predicted molar refractivity (Wildman–Crippen MR) is 156 cm³/mol. The highest BCUT2D eigenvalue weighted by molar-refractivity contribution is 7.91. The minimum Gasteiger partial charge on any atom is -0.467 e. The molecule has 1 atom stereocenters. The molecule has 1 heterocycles. The van der Waals surface area contributed by atoms with E-state index in [1.54, 1.807) is 36.4 Å². The Morgan fingerprint density at radius 2 is 1.50 bits per heavy atom. The van der Waals surface area contributed by atoms with Crippen LogP contribution in [0.1, 0.15) is 15.9 Å². The van der Waals surface area contributed by atoms with E-state index in [-0.39, 0.29) is 43.3 Å². The lowest BCUT2D eigenvalue weighted by Gasteiger charge is -2.18. The number of nitrogens with zero attached hydrogens (tertiary/aromatic N) is 1. The molecule has 0 aliphatic carbocycles. The molecule has 3 aromatic carbocycles. The van der Waals surface area contributed by atoms with Gasteiger partial charge in [-0.05, 0) is 42.0 Å². The quantitative estimate of drug-likeness (QED) is 0.187. The molecule has 2 amide bonds. The summed E-state index contributed by atoms with van der Waals surface area (Å²) in [6.07, 6.45) is 2.55. The molecule has 0 aliphatic heterocycles. The number of aromatic nitrogens is 1. The summed E-state index contributed by atoms with van der Waals surface area (Å²) in [7, 11) is -2.76. The minimum absolute atomic E-state index is 0.0142. The number of sulfone groups is 1. The van der Waals surface area contributed by atoms with Gasteiger partial charge in [-0.25, -0.2) is 22.8 Å².